The van der Waals surface area contributed by atoms with Gasteiger partial charge in [0.25, 0.3) is 11.8 Å². The molecule has 5 N–H and O–H groups in total. The Hall–Kier alpha value is -2.48. The van der Waals surface area contributed by atoms with Crippen LogP contribution in [0.15, 0.2) is 42.5 Å². The van der Waals surface area contributed by atoms with Crippen LogP contribution in [0.1, 0.15) is 15.9 Å². The summed E-state index contributed by atoms with van der Waals surface area (Å²) in [4.78, 5) is 26.4. The maximum Gasteiger partial charge on any atom is 0.279 e. The lowest BCUT2D eigenvalue weighted by Gasteiger charge is -2.29. The van der Waals surface area contributed by atoms with Crippen LogP contribution in [0.3, 0.4) is 0 Å². The average molecular weight is 407 g/mol. The molecule has 0 radical (unpaired) electrons. The molecule has 0 aromatic heterocycles. The van der Waals surface area contributed by atoms with Gasteiger partial charge in [-0.25, -0.2) is 4.39 Å². The monoisotopic (exact) mass is 406 g/mol. The van der Waals surface area contributed by atoms with Crippen molar-refractivity contribution in [3.63, 3.8) is 0 Å². The minimum atomic E-state index is -0.570. The first kappa shape index (κ1) is 20.3. The van der Waals surface area contributed by atoms with Crippen molar-refractivity contribution < 1.29 is 23.8 Å². The minimum absolute atomic E-state index is 0.145. The number of benzene rings is 2. The first-order valence-corrected chi connectivity index (χ1v) is 9.60. The van der Waals surface area contributed by atoms with Crippen molar-refractivity contribution in [3.8, 4) is 0 Å². The van der Waals surface area contributed by atoms with Gasteiger partial charge in [0.2, 0.25) is 0 Å². The molecule has 0 aliphatic carbocycles. The summed E-state index contributed by atoms with van der Waals surface area (Å²) in [5, 5.41) is 3.24. The summed E-state index contributed by atoms with van der Waals surface area (Å²) in [6.45, 7) is 4.56. The number of para-hydroxylation sites is 1. The zero-order valence-corrected chi connectivity index (χ0v) is 16.2. The number of halogens is 2. The number of carbonyl (C=O) groups is 2. The smallest absolute Gasteiger partial charge is 0.279 e. The summed E-state index contributed by atoms with van der Waals surface area (Å²) in [7, 11) is 0. The van der Waals surface area contributed by atoms with E-state index in [9.17, 15) is 14.0 Å². The van der Waals surface area contributed by atoms with E-state index in [0.29, 0.717) is 22.8 Å². The maximum atomic E-state index is 13.2. The Bertz CT molecular complexity index is 869. The summed E-state index contributed by atoms with van der Waals surface area (Å²) >= 11 is 6.11. The third-order valence-electron chi connectivity index (χ3n) is 5.00. The molecule has 2 amide bonds. The summed E-state index contributed by atoms with van der Waals surface area (Å²) in [5.41, 5.74) is 7.02. The van der Waals surface area contributed by atoms with E-state index in [1.807, 2.05) is 0 Å². The number of anilines is 1. The van der Waals surface area contributed by atoms with Crippen molar-refractivity contribution in [1.29, 1.82) is 0 Å². The predicted molar refractivity (Wildman–Crippen MR) is 105 cm³/mol. The molecule has 1 aliphatic heterocycles. The van der Waals surface area contributed by atoms with E-state index < -0.39 is 5.91 Å². The van der Waals surface area contributed by atoms with Crippen molar-refractivity contribution in [2.24, 2.45) is 5.73 Å². The summed E-state index contributed by atoms with van der Waals surface area (Å²) < 4.78 is 13.2. The fourth-order valence-electron chi connectivity index (χ4n) is 3.47. The first-order valence-electron chi connectivity index (χ1n) is 9.22. The van der Waals surface area contributed by atoms with Crippen LogP contribution < -0.4 is 20.9 Å². The van der Waals surface area contributed by atoms with Crippen molar-refractivity contribution in [1.82, 2.24) is 0 Å². The molecule has 0 spiro atoms. The Labute approximate surface area is 168 Å². The zero-order valence-electron chi connectivity index (χ0n) is 15.4. The molecule has 148 valence electrons. The normalized spacial score (nSPS) is 19.2. The highest BCUT2D eigenvalue weighted by molar-refractivity contribution is 6.31. The zero-order chi connectivity index (χ0) is 20.1. The quantitative estimate of drug-likeness (QED) is 0.522. The van der Waals surface area contributed by atoms with E-state index in [1.54, 1.807) is 30.3 Å². The summed E-state index contributed by atoms with van der Waals surface area (Å²) in [6, 6.07) is 11.2. The molecule has 0 saturated carbocycles. The number of amides is 2. The van der Waals surface area contributed by atoms with Crippen LogP contribution in [-0.2, 0) is 11.3 Å². The minimum Gasteiger partial charge on any atom is -0.366 e. The number of hydrogen-bond acceptors (Lipinski definition) is 2. The topological polar surface area (TPSA) is 81.1 Å². The highest BCUT2D eigenvalue weighted by atomic mass is 35.5. The van der Waals surface area contributed by atoms with Crippen LogP contribution in [0.25, 0.3) is 0 Å². The maximum absolute atomic E-state index is 13.2. The van der Waals surface area contributed by atoms with Gasteiger partial charge in [-0.05, 0) is 30.3 Å². The molecule has 1 heterocycles. The molecule has 0 atom stereocenters. The largest absolute Gasteiger partial charge is 0.366 e. The molecule has 6 nitrogen and oxygen atoms in total. The number of nitrogens with one attached hydrogen (secondary N) is 3. The van der Waals surface area contributed by atoms with E-state index in [4.69, 9.17) is 17.3 Å². The van der Waals surface area contributed by atoms with Crippen LogP contribution >= 0.6 is 11.6 Å². The lowest BCUT2D eigenvalue weighted by Crippen LogP contribution is -3.28. The number of rotatable bonds is 6. The molecular weight excluding hydrogens is 383 g/mol. The Morgan fingerprint density at radius 1 is 1.07 bits per heavy atom. The SMILES string of the molecule is NC(=O)c1ccccc1NC(=O)C[NH+]1CC[NH+](Cc2ccc(F)cc2Cl)CC1. The highest BCUT2D eigenvalue weighted by Crippen LogP contribution is 2.16. The number of primary amides is 1. The van der Waals surface area contributed by atoms with Crippen LogP contribution in [0.4, 0.5) is 10.1 Å². The van der Waals surface area contributed by atoms with Gasteiger partial charge in [0.1, 0.15) is 38.5 Å². The van der Waals surface area contributed by atoms with Gasteiger partial charge in [-0.2, -0.15) is 0 Å². The van der Waals surface area contributed by atoms with E-state index >= 15 is 0 Å². The lowest BCUT2D eigenvalue weighted by molar-refractivity contribution is -1.02. The molecule has 1 saturated heterocycles. The number of hydrogen-bond donors (Lipinski definition) is 4. The second-order valence-corrected chi connectivity index (χ2v) is 7.45. The van der Waals surface area contributed by atoms with Crippen LogP contribution in [0.5, 0.6) is 0 Å². The highest BCUT2D eigenvalue weighted by Gasteiger charge is 2.25. The van der Waals surface area contributed by atoms with Gasteiger partial charge in [0.15, 0.2) is 6.54 Å². The Kier molecular flexibility index (Phi) is 6.61. The molecule has 1 fully saturated rings. The van der Waals surface area contributed by atoms with E-state index in [2.05, 4.69) is 5.32 Å². The van der Waals surface area contributed by atoms with Crippen molar-refractivity contribution in [2.75, 3.05) is 38.0 Å². The molecule has 3 rings (SSSR count). The standard InChI is InChI=1S/C20H22ClFN4O2/c21-17-11-15(22)6-5-14(17)12-25-7-9-26(10-8-25)13-19(27)24-18-4-2-1-3-16(18)20(23)28/h1-6,11H,7-10,12-13H2,(H2,23,28)(H,24,27)/p+2. The summed E-state index contributed by atoms with van der Waals surface area (Å²) in [6.07, 6.45) is 0. The second kappa shape index (κ2) is 9.14. The van der Waals surface area contributed by atoms with Gasteiger partial charge in [0, 0.05) is 5.56 Å². The Morgan fingerprint density at radius 3 is 2.43 bits per heavy atom. The fraction of sp³-hybridized carbons (Fsp3) is 0.300. The number of piperazine rings is 1. The summed E-state index contributed by atoms with van der Waals surface area (Å²) in [5.74, 6) is -1.05. The fourth-order valence-corrected chi connectivity index (χ4v) is 3.71. The van der Waals surface area contributed by atoms with Gasteiger partial charge in [-0.3, -0.25) is 9.59 Å². The van der Waals surface area contributed by atoms with Crippen LogP contribution in [0.2, 0.25) is 5.02 Å². The molecule has 2 aromatic rings. The lowest BCUT2D eigenvalue weighted by atomic mass is 10.1. The third kappa shape index (κ3) is 5.28. The van der Waals surface area contributed by atoms with Crippen LogP contribution in [-0.4, -0.2) is 44.5 Å². The molecule has 0 bridgehead atoms. The predicted octanol–water partition coefficient (Wildman–Crippen LogP) is -0.500. The molecule has 2 aromatic carbocycles. The van der Waals surface area contributed by atoms with Gasteiger partial charge in [-0.1, -0.05) is 23.7 Å². The Morgan fingerprint density at radius 2 is 1.75 bits per heavy atom. The molecule has 28 heavy (non-hydrogen) atoms. The first-order chi connectivity index (χ1) is 13.4. The van der Waals surface area contributed by atoms with E-state index in [0.717, 1.165) is 38.3 Å². The molecule has 1 aliphatic rings. The number of quaternary nitrogens is 2. The number of carbonyl (C=O) groups excluding carboxylic acids is 2. The van der Waals surface area contributed by atoms with Crippen LogP contribution in [0, 0.1) is 5.82 Å². The number of nitrogens with two attached hydrogens (primary N) is 1. The van der Waals surface area contributed by atoms with Gasteiger partial charge < -0.3 is 20.9 Å². The van der Waals surface area contributed by atoms with Gasteiger partial charge in [-0.15, -0.1) is 0 Å². The van der Waals surface area contributed by atoms with Gasteiger partial charge >= 0.3 is 0 Å². The van der Waals surface area contributed by atoms with Crippen molar-refractivity contribution >= 4 is 29.1 Å². The van der Waals surface area contributed by atoms with Gasteiger partial charge in [0.05, 0.1) is 16.3 Å². The van der Waals surface area contributed by atoms with E-state index in [-0.39, 0.29) is 11.7 Å². The second-order valence-electron chi connectivity index (χ2n) is 7.05. The Balaban J connectivity index is 1.49. The van der Waals surface area contributed by atoms with E-state index in [1.165, 1.54) is 21.9 Å². The average Bonchev–Trinajstić information content (AvgIpc) is 2.65. The van der Waals surface area contributed by atoms with Crippen molar-refractivity contribution in [2.45, 2.75) is 6.54 Å². The molecular formula is C20H24ClFN4O2+2. The molecule has 8 heteroatoms. The molecule has 0 unspecified atom stereocenters. The van der Waals surface area contributed by atoms with Crippen molar-refractivity contribution in [3.05, 3.63) is 64.4 Å². The third-order valence-corrected chi connectivity index (χ3v) is 5.35.